The lowest BCUT2D eigenvalue weighted by Crippen LogP contribution is -2.46. The molecule has 2 N–H and O–H groups in total. The number of aliphatic hydroxyl groups excluding tert-OH is 1. The van der Waals surface area contributed by atoms with Crippen LogP contribution in [0.15, 0.2) is 18.2 Å². The molecule has 1 aliphatic carbocycles. The van der Waals surface area contributed by atoms with Crippen LogP contribution in [0.4, 0.5) is 5.69 Å². The highest BCUT2D eigenvalue weighted by atomic mass is 35.5. The van der Waals surface area contributed by atoms with Gasteiger partial charge in [-0.15, -0.1) is 0 Å². The van der Waals surface area contributed by atoms with Gasteiger partial charge in [-0.3, -0.25) is 14.9 Å². The predicted molar refractivity (Wildman–Crippen MR) is 64.6 cm³/mol. The van der Waals surface area contributed by atoms with E-state index in [1.54, 1.807) is 0 Å². The minimum absolute atomic E-state index is 0.00406. The lowest BCUT2D eigenvalue weighted by atomic mass is 9.89. The van der Waals surface area contributed by atoms with Gasteiger partial charge >= 0.3 is 0 Å². The number of nitrogens with zero attached hydrogens (tertiary/aromatic N) is 1. The number of halogens is 1. The Bertz CT molecular complexity index is 500. The molecule has 6 nitrogen and oxygen atoms in total. The van der Waals surface area contributed by atoms with E-state index >= 15 is 0 Å². The van der Waals surface area contributed by atoms with Gasteiger partial charge in [-0.25, -0.2) is 0 Å². The Morgan fingerprint density at radius 3 is 2.72 bits per heavy atom. The molecule has 1 amide bonds. The summed E-state index contributed by atoms with van der Waals surface area (Å²) in [7, 11) is 0. The third-order valence-corrected chi connectivity index (χ3v) is 3.17. The Morgan fingerprint density at radius 1 is 1.50 bits per heavy atom. The molecule has 1 aromatic carbocycles. The number of aliphatic hydroxyl groups is 1. The number of rotatable bonds is 3. The number of carbonyl (C=O) groups excluding carboxylic acids is 1. The van der Waals surface area contributed by atoms with Crippen LogP contribution in [0, 0.1) is 10.1 Å². The topological polar surface area (TPSA) is 92.5 Å². The Labute approximate surface area is 108 Å². The molecule has 0 aromatic heterocycles. The summed E-state index contributed by atoms with van der Waals surface area (Å²) in [5, 5.41) is 22.5. The molecular weight excluding hydrogens is 260 g/mol. The van der Waals surface area contributed by atoms with E-state index in [9.17, 15) is 14.9 Å². The molecule has 2 rings (SSSR count). The number of hydrogen-bond acceptors (Lipinski definition) is 4. The zero-order chi connectivity index (χ0) is 13.3. The average molecular weight is 271 g/mol. The van der Waals surface area contributed by atoms with E-state index in [1.165, 1.54) is 12.1 Å². The van der Waals surface area contributed by atoms with Crippen molar-refractivity contribution in [3.8, 4) is 0 Å². The largest absolute Gasteiger partial charge is 0.393 e. The fourth-order valence-electron chi connectivity index (χ4n) is 1.77. The van der Waals surface area contributed by atoms with Crippen molar-refractivity contribution in [1.29, 1.82) is 0 Å². The Hall–Kier alpha value is -1.66. The van der Waals surface area contributed by atoms with E-state index in [0.717, 1.165) is 6.07 Å². The fourth-order valence-corrected chi connectivity index (χ4v) is 1.95. The van der Waals surface area contributed by atoms with E-state index in [-0.39, 0.29) is 28.4 Å². The average Bonchev–Trinajstić information content (AvgIpc) is 2.27. The zero-order valence-corrected chi connectivity index (χ0v) is 10.1. The quantitative estimate of drug-likeness (QED) is 0.643. The van der Waals surface area contributed by atoms with Crippen LogP contribution in [0.5, 0.6) is 0 Å². The number of nitrogens with one attached hydrogen (secondary N) is 1. The molecule has 1 fully saturated rings. The van der Waals surface area contributed by atoms with Gasteiger partial charge in [0.15, 0.2) is 0 Å². The second-order valence-electron chi connectivity index (χ2n) is 4.22. The number of benzene rings is 1. The molecule has 0 atom stereocenters. The van der Waals surface area contributed by atoms with Crippen molar-refractivity contribution in [2.24, 2.45) is 0 Å². The fraction of sp³-hybridized carbons (Fsp3) is 0.364. The molecule has 0 radical (unpaired) electrons. The van der Waals surface area contributed by atoms with Crippen LogP contribution in [0.3, 0.4) is 0 Å². The molecule has 0 heterocycles. The highest BCUT2D eigenvalue weighted by Crippen LogP contribution is 2.25. The Morgan fingerprint density at radius 2 is 2.17 bits per heavy atom. The summed E-state index contributed by atoms with van der Waals surface area (Å²) in [4.78, 5) is 21.8. The lowest BCUT2D eigenvalue weighted by molar-refractivity contribution is -0.384. The molecule has 1 aliphatic rings. The van der Waals surface area contributed by atoms with Crippen molar-refractivity contribution >= 4 is 23.2 Å². The first kappa shape index (κ1) is 12.8. The molecule has 18 heavy (non-hydrogen) atoms. The maximum absolute atomic E-state index is 11.8. The molecule has 96 valence electrons. The number of carbonyl (C=O) groups is 1. The number of hydrogen-bond donors (Lipinski definition) is 2. The monoisotopic (exact) mass is 270 g/mol. The second-order valence-corrected chi connectivity index (χ2v) is 4.63. The van der Waals surface area contributed by atoms with Crippen LogP contribution < -0.4 is 5.32 Å². The van der Waals surface area contributed by atoms with E-state index in [0.29, 0.717) is 12.8 Å². The predicted octanol–water partition coefficient (Wildman–Crippen LogP) is 1.50. The summed E-state index contributed by atoms with van der Waals surface area (Å²) in [5.41, 5.74) is -0.106. The van der Waals surface area contributed by atoms with Gasteiger partial charge < -0.3 is 10.4 Å². The van der Waals surface area contributed by atoms with Crippen LogP contribution in [-0.4, -0.2) is 28.1 Å². The van der Waals surface area contributed by atoms with Crippen molar-refractivity contribution in [1.82, 2.24) is 5.32 Å². The molecule has 0 saturated heterocycles. The molecule has 7 heteroatoms. The summed E-state index contributed by atoms with van der Waals surface area (Å²) >= 11 is 5.65. The third kappa shape index (κ3) is 2.60. The van der Waals surface area contributed by atoms with Gasteiger partial charge in [0.2, 0.25) is 0 Å². The summed E-state index contributed by atoms with van der Waals surface area (Å²) in [6.07, 6.45) is 0.665. The number of amides is 1. The van der Waals surface area contributed by atoms with Crippen LogP contribution in [0.1, 0.15) is 23.2 Å². The lowest BCUT2D eigenvalue weighted by Gasteiger charge is -2.31. The van der Waals surface area contributed by atoms with Gasteiger partial charge in [0.25, 0.3) is 11.6 Å². The summed E-state index contributed by atoms with van der Waals surface area (Å²) in [6.45, 7) is 0. The summed E-state index contributed by atoms with van der Waals surface area (Å²) in [5.74, 6) is -0.397. The molecule has 0 aliphatic heterocycles. The first-order valence-corrected chi connectivity index (χ1v) is 5.78. The maximum Gasteiger partial charge on any atom is 0.288 e. The molecule has 0 unspecified atom stereocenters. The first-order valence-electron chi connectivity index (χ1n) is 5.40. The first-order chi connectivity index (χ1) is 8.47. The Balaban J connectivity index is 2.10. The van der Waals surface area contributed by atoms with Crippen LogP contribution >= 0.6 is 11.6 Å². The van der Waals surface area contributed by atoms with Crippen molar-refractivity contribution < 1.29 is 14.8 Å². The van der Waals surface area contributed by atoms with Crippen LogP contribution in [0.2, 0.25) is 5.02 Å². The van der Waals surface area contributed by atoms with Crippen molar-refractivity contribution in [2.75, 3.05) is 0 Å². The molecule has 0 spiro atoms. The van der Waals surface area contributed by atoms with Crippen LogP contribution in [-0.2, 0) is 0 Å². The number of nitro groups is 1. The highest BCUT2D eigenvalue weighted by molar-refractivity contribution is 6.32. The second kappa shape index (κ2) is 4.91. The van der Waals surface area contributed by atoms with Gasteiger partial charge in [-0.05, 0) is 25.0 Å². The highest BCUT2D eigenvalue weighted by Gasteiger charge is 2.29. The standard InChI is InChI=1S/C11H11ClN2O4/c12-9-2-1-6(3-10(9)14(17)18)11(16)13-7-4-8(15)5-7/h1-3,7-8,15H,4-5H2,(H,13,16). The van der Waals surface area contributed by atoms with E-state index in [2.05, 4.69) is 5.32 Å². The van der Waals surface area contributed by atoms with E-state index < -0.39 is 10.8 Å². The van der Waals surface area contributed by atoms with Gasteiger partial charge in [-0.1, -0.05) is 11.6 Å². The van der Waals surface area contributed by atoms with Gasteiger partial charge in [0.05, 0.1) is 11.0 Å². The van der Waals surface area contributed by atoms with E-state index in [4.69, 9.17) is 16.7 Å². The minimum Gasteiger partial charge on any atom is -0.393 e. The van der Waals surface area contributed by atoms with Gasteiger partial charge in [-0.2, -0.15) is 0 Å². The van der Waals surface area contributed by atoms with Crippen molar-refractivity contribution in [3.63, 3.8) is 0 Å². The third-order valence-electron chi connectivity index (χ3n) is 2.85. The summed E-state index contributed by atoms with van der Waals surface area (Å²) in [6, 6.07) is 3.83. The minimum atomic E-state index is -0.633. The van der Waals surface area contributed by atoms with Crippen LogP contribution in [0.25, 0.3) is 0 Å². The summed E-state index contributed by atoms with van der Waals surface area (Å²) < 4.78 is 0. The normalized spacial score (nSPS) is 22.1. The van der Waals surface area contributed by atoms with Crippen molar-refractivity contribution in [2.45, 2.75) is 25.0 Å². The zero-order valence-electron chi connectivity index (χ0n) is 9.30. The SMILES string of the molecule is O=C(NC1CC(O)C1)c1ccc(Cl)c([N+](=O)[O-])c1. The van der Waals surface area contributed by atoms with Gasteiger partial charge in [0, 0.05) is 17.7 Å². The van der Waals surface area contributed by atoms with Crippen molar-refractivity contribution in [3.05, 3.63) is 38.9 Å². The molecule has 1 aromatic rings. The Kier molecular flexibility index (Phi) is 3.49. The smallest absolute Gasteiger partial charge is 0.288 e. The molecular formula is C11H11ClN2O4. The molecule has 1 saturated carbocycles. The number of nitro benzene ring substituents is 1. The molecule has 0 bridgehead atoms. The maximum atomic E-state index is 11.8. The van der Waals surface area contributed by atoms with E-state index in [1.807, 2.05) is 0 Å². The van der Waals surface area contributed by atoms with Gasteiger partial charge in [0.1, 0.15) is 5.02 Å².